The van der Waals surface area contributed by atoms with Crippen molar-refractivity contribution in [3.05, 3.63) is 24.6 Å². The number of piperazine rings is 1. The number of likely N-dealkylation sites (N-methyl/N-ethyl adjacent to an activating group) is 1. The van der Waals surface area contributed by atoms with Crippen LogP contribution in [-0.4, -0.2) is 49.2 Å². The molecule has 5 heteroatoms. The number of hydrogen-bond acceptors (Lipinski definition) is 5. The highest BCUT2D eigenvalue weighted by Crippen LogP contribution is 2.17. The maximum absolute atomic E-state index is 5.29. The van der Waals surface area contributed by atoms with Crippen molar-refractivity contribution < 1.29 is 4.42 Å². The average Bonchev–Trinajstić information content (AvgIpc) is 2.84. The van der Waals surface area contributed by atoms with E-state index in [-0.39, 0.29) is 0 Å². The van der Waals surface area contributed by atoms with E-state index in [0.717, 1.165) is 43.0 Å². The Morgan fingerprint density at radius 2 is 2.50 bits per heavy atom. The molecule has 1 atom stereocenters. The van der Waals surface area contributed by atoms with E-state index in [0.29, 0.717) is 6.04 Å². The van der Waals surface area contributed by atoms with Crippen molar-refractivity contribution in [2.45, 2.75) is 6.04 Å². The summed E-state index contributed by atoms with van der Waals surface area (Å²) < 4.78 is 5.29. The first kappa shape index (κ1) is 11.5. The fourth-order valence-corrected chi connectivity index (χ4v) is 2.33. The lowest BCUT2D eigenvalue weighted by Gasteiger charge is -2.31. The predicted octanol–water partition coefficient (Wildman–Crippen LogP) is 1.14. The zero-order chi connectivity index (χ0) is 12.4. The lowest BCUT2D eigenvalue weighted by Crippen LogP contribution is -2.51. The Labute approximate surface area is 106 Å². The third kappa shape index (κ3) is 2.47. The van der Waals surface area contributed by atoms with Gasteiger partial charge in [0.05, 0.1) is 0 Å². The van der Waals surface area contributed by atoms with Crippen LogP contribution < -0.4 is 10.6 Å². The van der Waals surface area contributed by atoms with Gasteiger partial charge in [-0.15, -0.1) is 0 Å². The largest absolute Gasteiger partial charge is 0.443 e. The second kappa shape index (κ2) is 4.96. The fraction of sp³-hybridized carbons (Fsp3) is 0.462. The highest BCUT2D eigenvalue weighted by molar-refractivity contribution is 5.76. The van der Waals surface area contributed by atoms with E-state index in [9.17, 15) is 0 Å². The molecule has 2 heterocycles. The van der Waals surface area contributed by atoms with Crippen molar-refractivity contribution in [1.82, 2.24) is 15.2 Å². The summed E-state index contributed by atoms with van der Waals surface area (Å²) in [6.07, 6.45) is 1.48. The fourth-order valence-electron chi connectivity index (χ4n) is 2.33. The molecule has 18 heavy (non-hydrogen) atoms. The lowest BCUT2D eigenvalue weighted by atomic mass is 10.2. The number of rotatable bonds is 3. The van der Waals surface area contributed by atoms with E-state index in [4.69, 9.17) is 4.42 Å². The van der Waals surface area contributed by atoms with Crippen LogP contribution in [0.3, 0.4) is 0 Å². The quantitative estimate of drug-likeness (QED) is 0.850. The summed E-state index contributed by atoms with van der Waals surface area (Å²) in [5.41, 5.74) is 2.80. The maximum Gasteiger partial charge on any atom is 0.181 e. The van der Waals surface area contributed by atoms with Crippen LogP contribution in [0, 0.1) is 0 Å². The predicted molar refractivity (Wildman–Crippen MR) is 71.8 cm³/mol. The number of benzene rings is 1. The number of anilines is 1. The third-order valence-electron chi connectivity index (χ3n) is 3.34. The van der Waals surface area contributed by atoms with Crippen LogP contribution in [0.5, 0.6) is 0 Å². The molecule has 0 radical (unpaired) electrons. The van der Waals surface area contributed by atoms with E-state index in [1.807, 2.05) is 18.2 Å². The Kier molecular flexibility index (Phi) is 3.17. The average molecular weight is 246 g/mol. The standard InChI is InChI=1S/C13H18N4O/c1-17-5-4-14-11(8-17)7-15-10-2-3-12-13(6-10)18-9-16-12/h2-3,6,9,11,14-15H,4-5,7-8H2,1H3. The number of aromatic nitrogens is 1. The Morgan fingerprint density at radius 3 is 3.39 bits per heavy atom. The van der Waals surface area contributed by atoms with Crippen molar-refractivity contribution in [1.29, 1.82) is 0 Å². The molecule has 1 unspecified atom stereocenters. The minimum absolute atomic E-state index is 0.495. The molecule has 1 aliphatic rings. The van der Waals surface area contributed by atoms with Crippen molar-refractivity contribution in [2.75, 3.05) is 38.5 Å². The number of nitrogens with zero attached hydrogens (tertiary/aromatic N) is 2. The van der Waals surface area contributed by atoms with Gasteiger partial charge in [0.25, 0.3) is 0 Å². The van der Waals surface area contributed by atoms with E-state index < -0.39 is 0 Å². The van der Waals surface area contributed by atoms with Crippen LogP contribution in [0.1, 0.15) is 0 Å². The molecule has 2 aromatic rings. The first-order valence-electron chi connectivity index (χ1n) is 6.30. The molecule has 0 saturated carbocycles. The van der Waals surface area contributed by atoms with Crippen LogP contribution in [0.2, 0.25) is 0 Å². The number of nitrogens with one attached hydrogen (secondary N) is 2. The molecule has 96 valence electrons. The molecule has 1 aromatic heterocycles. The molecule has 1 fully saturated rings. The molecular weight excluding hydrogens is 228 g/mol. The second-order valence-corrected chi connectivity index (χ2v) is 4.83. The highest BCUT2D eigenvalue weighted by Gasteiger charge is 2.15. The van der Waals surface area contributed by atoms with Gasteiger partial charge in [-0.25, -0.2) is 4.98 Å². The molecule has 0 spiro atoms. The van der Waals surface area contributed by atoms with Crippen molar-refractivity contribution >= 4 is 16.8 Å². The van der Waals surface area contributed by atoms with Crippen molar-refractivity contribution in [3.63, 3.8) is 0 Å². The lowest BCUT2D eigenvalue weighted by molar-refractivity contribution is 0.244. The third-order valence-corrected chi connectivity index (χ3v) is 3.34. The SMILES string of the molecule is CN1CCNC(CNc2ccc3ncoc3c2)C1. The van der Waals surface area contributed by atoms with Crippen LogP contribution in [0.4, 0.5) is 5.69 Å². The number of fused-ring (bicyclic) bond motifs is 1. The van der Waals surface area contributed by atoms with Gasteiger partial charge in [0.2, 0.25) is 0 Å². The summed E-state index contributed by atoms with van der Waals surface area (Å²) in [6, 6.07) is 6.50. The molecule has 0 amide bonds. The Bertz CT molecular complexity index is 524. The molecule has 1 aromatic carbocycles. The number of oxazole rings is 1. The summed E-state index contributed by atoms with van der Waals surface area (Å²) in [5.74, 6) is 0. The maximum atomic E-state index is 5.29. The smallest absolute Gasteiger partial charge is 0.181 e. The van der Waals surface area contributed by atoms with E-state index in [1.54, 1.807) is 0 Å². The van der Waals surface area contributed by atoms with E-state index in [2.05, 4.69) is 27.6 Å². The van der Waals surface area contributed by atoms with Gasteiger partial charge in [-0.1, -0.05) is 0 Å². The second-order valence-electron chi connectivity index (χ2n) is 4.83. The highest BCUT2D eigenvalue weighted by atomic mass is 16.3. The minimum atomic E-state index is 0.495. The molecular formula is C13H18N4O. The van der Waals surface area contributed by atoms with Gasteiger partial charge in [-0.3, -0.25) is 0 Å². The summed E-state index contributed by atoms with van der Waals surface area (Å²) in [5, 5.41) is 6.95. The Morgan fingerprint density at radius 1 is 1.56 bits per heavy atom. The molecule has 1 aliphatic heterocycles. The molecule has 5 nitrogen and oxygen atoms in total. The van der Waals surface area contributed by atoms with Crippen LogP contribution in [0.15, 0.2) is 29.0 Å². The molecule has 3 rings (SSSR count). The van der Waals surface area contributed by atoms with Gasteiger partial charge in [-0.05, 0) is 19.2 Å². The van der Waals surface area contributed by atoms with Gasteiger partial charge < -0.3 is 20.0 Å². The van der Waals surface area contributed by atoms with Gasteiger partial charge in [0.15, 0.2) is 12.0 Å². The normalized spacial score (nSPS) is 21.3. The van der Waals surface area contributed by atoms with Crippen LogP contribution in [0.25, 0.3) is 11.1 Å². The van der Waals surface area contributed by atoms with Gasteiger partial charge >= 0.3 is 0 Å². The number of hydrogen-bond donors (Lipinski definition) is 2. The molecule has 0 aliphatic carbocycles. The van der Waals surface area contributed by atoms with Gasteiger partial charge in [0.1, 0.15) is 5.52 Å². The summed E-state index contributed by atoms with van der Waals surface area (Å²) in [7, 11) is 2.16. The first-order chi connectivity index (χ1) is 8.81. The zero-order valence-electron chi connectivity index (χ0n) is 10.5. The molecule has 0 bridgehead atoms. The monoisotopic (exact) mass is 246 g/mol. The van der Waals surface area contributed by atoms with Crippen LogP contribution >= 0.6 is 0 Å². The van der Waals surface area contributed by atoms with Gasteiger partial charge in [-0.2, -0.15) is 0 Å². The van der Waals surface area contributed by atoms with Crippen LogP contribution in [-0.2, 0) is 0 Å². The van der Waals surface area contributed by atoms with E-state index >= 15 is 0 Å². The van der Waals surface area contributed by atoms with Gasteiger partial charge in [0, 0.05) is 44.0 Å². The zero-order valence-corrected chi connectivity index (χ0v) is 10.5. The topological polar surface area (TPSA) is 53.3 Å². The Hall–Kier alpha value is -1.59. The minimum Gasteiger partial charge on any atom is -0.443 e. The molecule has 2 N–H and O–H groups in total. The molecule has 1 saturated heterocycles. The van der Waals surface area contributed by atoms with Crippen molar-refractivity contribution in [3.8, 4) is 0 Å². The Balaban J connectivity index is 1.61. The first-order valence-corrected chi connectivity index (χ1v) is 6.30. The van der Waals surface area contributed by atoms with Crippen molar-refractivity contribution in [2.24, 2.45) is 0 Å². The summed E-state index contributed by atoms with van der Waals surface area (Å²) in [6.45, 7) is 4.19. The van der Waals surface area contributed by atoms with E-state index in [1.165, 1.54) is 6.39 Å². The summed E-state index contributed by atoms with van der Waals surface area (Å²) in [4.78, 5) is 6.46. The summed E-state index contributed by atoms with van der Waals surface area (Å²) >= 11 is 0.